The number of hydrogen-bond donors (Lipinski definition) is 1. The summed E-state index contributed by atoms with van der Waals surface area (Å²) in [6, 6.07) is 6.96. The first-order chi connectivity index (χ1) is 15.7. The molecular formula is C23H24ClN3O5S. The number of anilines is 1. The Hall–Kier alpha value is -3.17. The van der Waals surface area contributed by atoms with Gasteiger partial charge in [-0.15, -0.1) is 11.3 Å². The summed E-state index contributed by atoms with van der Waals surface area (Å²) in [5, 5.41) is 7.39. The van der Waals surface area contributed by atoms with Gasteiger partial charge in [0.05, 0.1) is 22.6 Å². The predicted octanol–water partition coefficient (Wildman–Crippen LogP) is 5.19. The van der Waals surface area contributed by atoms with Gasteiger partial charge in [-0.3, -0.25) is 9.59 Å². The molecule has 0 saturated carbocycles. The number of ether oxygens (including phenoxy) is 1. The average molecular weight is 490 g/mol. The van der Waals surface area contributed by atoms with E-state index < -0.39 is 11.9 Å². The zero-order chi connectivity index (χ0) is 24.3. The topological polar surface area (TPSA) is 102 Å². The quantitative estimate of drug-likeness (QED) is 0.458. The fourth-order valence-electron chi connectivity index (χ4n) is 3.45. The van der Waals surface area contributed by atoms with Gasteiger partial charge in [-0.05, 0) is 39.3 Å². The lowest BCUT2D eigenvalue weighted by Gasteiger charge is -2.17. The lowest BCUT2D eigenvalue weighted by Crippen LogP contribution is -2.30. The van der Waals surface area contributed by atoms with Crippen LogP contribution in [0.5, 0.6) is 0 Å². The van der Waals surface area contributed by atoms with Crippen molar-refractivity contribution < 1.29 is 23.6 Å². The number of aryl methyl sites for hydroxylation is 1. The van der Waals surface area contributed by atoms with Crippen LogP contribution in [0.15, 0.2) is 28.8 Å². The van der Waals surface area contributed by atoms with Gasteiger partial charge in [0.25, 0.3) is 11.8 Å². The second-order valence-electron chi connectivity index (χ2n) is 7.13. The standard InChI is InChI=1S/C23H24ClN3O5S/c1-6-27(7-2)22(29)19-12(3)16(23(30)31-5)21(33-19)25-20(28)17-13(4)32-26-18(17)14-10-8-9-11-15(14)24/h8-11H,6-7H2,1-5H3,(H,25,28). The molecule has 0 saturated heterocycles. The molecule has 174 valence electrons. The second kappa shape index (κ2) is 10.2. The summed E-state index contributed by atoms with van der Waals surface area (Å²) in [5.74, 6) is -1.12. The predicted molar refractivity (Wildman–Crippen MR) is 127 cm³/mol. The number of halogens is 1. The lowest BCUT2D eigenvalue weighted by atomic mass is 10.1. The van der Waals surface area contributed by atoms with E-state index in [1.165, 1.54) is 7.11 Å². The monoisotopic (exact) mass is 489 g/mol. The van der Waals surface area contributed by atoms with Gasteiger partial charge in [-0.25, -0.2) is 4.79 Å². The summed E-state index contributed by atoms with van der Waals surface area (Å²) >= 11 is 7.32. The van der Waals surface area contributed by atoms with E-state index in [2.05, 4.69) is 10.5 Å². The number of thiophene rings is 1. The van der Waals surface area contributed by atoms with E-state index in [0.717, 1.165) is 11.3 Å². The molecule has 10 heteroatoms. The van der Waals surface area contributed by atoms with Crippen LogP contribution in [0, 0.1) is 13.8 Å². The Morgan fingerprint density at radius 3 is 2.42 bits per heavy atom. The average Bonchev–Trinajstić information content (AvgIpc) is 3.33. The van der Waals surface area contributed by atoms with Crippen LogP contribution in [0.2, 0.25) is 5.02 Å². The van der Waals surface area contributed by atoms with Gasteiger partial charge in [0.15, 0.2) is 0 Å². The third-order valence-corrected chi connectivity index (χ3v) is 6.75. The van der Waals surface area contributed by atoms with Gasteiger partial charge < -0.3 is 19.5 Å². The molecule has 2 heterocycles. The van der Waals surface area contributed by atoms with Gasteiger partial charge >= 0.3 is 5.97 Å². The van der Waals surface area contributed by atoms with Gasteiger partial charge in [-0.1, -0.05) is 35.0 Å². The number of benzene rings is 1. The molecule has 33 heavy (non-hydrogen) atoms. The summed E-state index contributed by atoms with van der Waals surface area (Å²) < 4.78 is 10.2. The van der Waals surface area contributed by atoms with Crippen molar-refractivity contribution in [2.45, 2.75) is 27.7 Å². The molecular weight excluding hydrogens is 466 g/mol. The maximum atomic E-state index is 13.3. The van der Waals surface area contributed by atoms with Gasteiger partial charge in [0, 0.05) is 18.7 Å². The molecule has 0 bridgehead atoms. The van der Waals surface area contributed by atoms with E-state index in [0.29, 0.717) is 34.1 Å². The zero-order valence-electron chi connectivity index (χ0n) is 18.9. The van der Waals surface area contributed by atoms with Crippen molar-refractivity contribution in [1.29, 1.82) is 0 Å². The molecule has 0 atom stereocenters. The molecule has 0 aliphatic carbocycles. The Balaban J connectivity index is 2.06. The Bertz CT molecular complexity index is 1210. The lowest BCUT2D eigenvalue weighted by molar-refractivity contribution is 0.0601. The molecule has 0 spiro atoms. The van der Waals surface area contributed by atoms with E-state index in [4.69, 9.17) is 20.9 Å². The van der Waals surface area contributed by atoms with Crippen LogP contribution in [0.25, 0.3) is 11.3 Å². The van der Waals surface area contributed by atoms with E-state index in [1.54, 1.807) is 43.0 Å². The Kier molecular flexibility index (Phi) is 7.55. The van der Waals surface area contributed by atoms with E-state index in [1.807, 2.05) is 13.8 Å². The number of nitrogens with one attached hydrogen (secondary N) is 1. The molecule has 0 unspecified atom stereocenters. The smallest absolute Gasteiger partial charge is 0.341 e. The molecule has 8 nitrogen and oxygen atoms in total. The Morgan fingerprint density at radius 1 is 1.15 bits per heavy atom. The maximum absolute atomic E-state index is 13.3. The molecule has 2 amide bonds. The Morgan fingerprint density at radius 2 is 1.82 bits per heavy atom. The van der Waals surface area contributed by atoms with Crippen molar-refractivity contribution in [3.05, 3.63) is 56.6 Å². The number of methoxy groups -OCH3 is 1. The summed E-state index contributed by atoms with van der Waals surface area (Å²) in [7, 11) is 1.25. The highest BCUT2D eigenvalue weighted by Crippen LogP contribution is 2.36. The number of hydrogen-bond acceptors (Lipinski definition) is 7. The van der Waals surface area contributed by atoms with Crippen LogP contribution >= 0.6 is 22.9 Å². The third kappa shape index (κ3) is 4.65. The normalized spacial score (nSPS) is 10.7. The zero-order valence-corrected chi connectivity index (χ0v) is 20.5. The van der Waals surface area contributed by atoms with Gasteiger partial charge in [-0.2, -0.15) is 0 Å². The highest BCUT2D eigenvalue weighted by Gasteiger charge is 2.30. The highest BCUT2D eigenvalue weighted by molar-refractivity contribution is 7.18. The number of nitrogens with zero attached hydrogens (tertiary/aromatic N) is 2. The van der Waals surface area contributed by atoms with Crippen molar-refractivity contribution >= 4 is 45.7 Å². The second-order valence-corrected chi connectivity index (χ2v) is 8.55. The van der Waals surface area contributed by atoms with Crippen LogP contribution in [-0.2, 0) is 4.74 Å². The van der Waals surface area contributed by atoms with E-state index in [9.17, 15) is 14.4 Å². The van der Waals surface area contributed by atoms with Gasteiger partial charge in [0.1, 0.15) is 22.0 Å². The van der Waals surface area contributed by atoms with E-state index >= 15 is 0 Å². The highest BCUT2D eigenvalue weighted by atomic mass is 35.5. The largest absolute Gasteiger partial charge is 0.465 e. The molecule has 1 aromatic carbocycles. The SMILES string of the molecule is CCN(CC)C(=O)c1sc(NC(=O)c2c(-c3ccccc3Cl)noc2C)c(C(=O)OC)c1C. The molecule has 2 aromatic heterocycles. The number of carbonyl (C=O) groups is 3. The minimum atomic E-state index is -0.647. The molecule has 1 N–H and O–H groups in total. The number of esters is 1. The number of amides is 2. The first-order valence-corrected chi connectivity index (χ1v) is 11.5. The molecule has 3 aromatic rings. The molecule has 0 aliphatic rings. The number of rotatable bonds is 7. The first-order valence-electron chi connectivity index (χ1n) is 10.3. The Labute approximate surface area is 200 Å². The first kappa shape index (κ1) is 24.5. The van der Waals surface area contributed by atoms with Crippen LogP contribution in [0.3, 0.4) is 0 Å². The molecule has 3 rings (SSSR count). The summed E-state index contributed by atoms with van der Waals surface area (Å²) in [4.78, 5) is 40.8. The summed E-state index contributed by atoms with van der Waals surface area (Å²) in [5.41, 5.74) is 1.59. The summed E-state index contributed by atoms with van der Waals surface area (Å²) in [6.45, 7) is 8.05. The minimum absolute atomic E-state index is 0.139. The number of aromatic nitrogens is 1. The maximum Gasteiger partial charge on any atom is 0.341 e. The van der Waals surface area contributed by atoms with Crippen LogP contribution in [-0.4, -0.2) is 48.0 Å². The van der Waals surface area contributed by atoms with Crippen LogP contribution in [0.1, 0.15) is 55.6 Å². The van der Waals surface area contributed by atoms with Crippen molar-refractivity contribution in [3.8, 4) is 11.3 Å². The minimum Gasteiger partial charge on any atom is -0.465 e. The molecule has 0 aliphatic heterocycles. The summed E-state index contributed by atoms with van der Waals surface area (Å²) in [6.07, 6.45) is 0. The van der Waals surface area contributed by atoms with Crippen molar-refractivity contribution in [3.63, 3.8) is 0 Å². The van der Waals surface area contributed by atoms with Crippen molar-refractivity contribution in [1.82, 2.24) is 10.1 Å². The van der Waals surface area contributed by atoms with E-state index in [-0.39, 0.29) is 33.5 Å². The van der Waals surface area contributed by atoms with Crippen LogP contribution in [0.4, 0.5) is 5.00 Å². The number of carbonyl (C=O) groups excluding carboxylic acids is 3. The van der Waals surface area contributed by atoms with Crippen molar-refractivity contribution in [2.24, 2.45) is 0 Å². The van der Waals surface area contributed by atoms with Gasteiger partial charge in [0.2, 0.25) is 0 Å². The molecule has 0 fully saturated rings. The third-order valence-electron chi connectivity index (χ3n) is 5.23. The fourth-order valence-corrected chi connectivity index (χ4v) is 4.83. The van der Waals surface area contributed by atoms with Crippen molar-refractivity contribution in [2.75, 3.05) is 25.5 Å². The van der Waals surface area contributed by atoms with Crippen LogP contribution < -0.4 is 5.32 Å². The molecule has 0 radical (unpaired) electrons. The fraction of sp³-hybridized carbons (Fsp3) is 0.304.